The molecule has 4 fully saturated rings. The van der Waals surface area contributed by atoms with E-state index in [0.717, 1.165) is 44.9 Å². The van der Waals surface area contributed by atoms with Crippen LogP contribution in [0.4, 0.5) is 0 Å². The van der Waals surface area contributed by atoms with Crippen LogP contribution in [0.25, 0.3) is 0 Å². The molecule has 0 aromatic carbocycles. The quantitative estimate of drug-likeness (QED) is 0.149. The number of unbranched alkanes of at least 4 members (excludes halogenated alkanes) is 3. The van der Waals surface area contributed by atoms with E-state index >= 15 is 0 Å². The van der Waals surface area contributed by atoms with Crippen molar-refractivity contribution in [2.45, 2.75) is 120 Å². The number of allylic oxidation sites excluding steroid dienone is 1. The Morgan fingerprint density at radius 2 is 1.88 bits per heavy atom. The van der Waals surface area contributed by atoms with Crippen LogP contribution in [0.2, 0.25) is 0 Å². The van der Waals surface area contributed by atoms with Gasteiger partial charge in [-0.25, -0.2) is 0 Å². The van der Waals surface area contributed by atoms with Gasteiger partial charge in [-0.1, -0.05) is 44.3 Å². The topological polar surface area (TPSA) is 125 Å². The minimum atomic E-state index is -1.07. The second-order valence-corrected chi connectivity index (χ2v) is 12.7. The van der Waals surface area contributed by atoms with E-state index in [1.165, 1.54) is 0 Å². The minimum Gasteiger partial charge on any atom is -0.460 e. The molecule has 1 saturated carbocycles. The van der Waals surface area contributed by atoms with Gasteiger partial charge in [0.15, 0.2) is 0 Å². The molecule has 0 aromatic heterocycles. The van der Waals surface area contributed by atoms with Gasteiger partial charge in [0.2, 0.25) is 17.7 Å². The van der Waals surface area contributed by atoms with Crippen LogP contribution in [-0.4, -0.2) is 94.7 Å². The Kier molecular flexibility index (Phi) is 11.8. The van der Waals surface area contributed by atoms with E-state index in [-0.39, 0.29) is 36.9 Å². The largest absolute Gasteiger partial charge is 0.460 e. The molecule has 0 radical (unpaired) electrons. The number of aliphatic hydroxyl groups excluding tert-OH is 1. The molecule has 4 rings (SSSR count). The number of carbonyl (C=O) groups is 4. The summed E-state index contributed by atoms with van der Waals surface area (Å²) in [4.78, 5) is 58.0. The first kappa shape index (κ1) is 33.2. The van der Waals surface area contributed by atoms with Crippen LogP contribution in [0.1, 0.15) is 90.4 Å². The van der Waals surface area contributed by atoms with Crippen molar-refractivity contribution in [1.29, 1.82) is 0 Å². The number of aliphatic hydroxyl groups is 1. The van der Waals surface area contributed by atoms with Gasteiger partial charge in [0, 0.05) is 32.2 Å². The van der Waals surface area contributed by atoms with Crippen molar-refractivity contribution in [2.24, 2.45) is 11.8 Å². The molecule has 2 N–H and O–H groups in total. The molecular weight excluding hydrogens is 550 g/mol. The van der Waals surface area contributed by atoms with Gasteiger partial charge >= 0.3 is 5.97 Å². The summed E-state index contributed by atoms with van der Waals surface area (Å²) in [5.41, 5.74) is -1.07. The van der Waals surface area contributed by atoms with Gasteiger partial charge in [-0.05, 0) is 51.9 Å². The van der Waals surface area contributed by atoms with Crippen molar-refractivity contribution in [2.75, 3.05) is 26.2 Å². The molecule has 0 aromatic rings. The minimum absolute atomic E-state index is 0.0955. The molecular formula is C33H51N3O7. The third-order valence-electron chi connectivity index (χ3n) is 9.72. The molecule has 10 nitrogen and oxygen atoms in total. The number of amides is 3. The molecule has 3 aliphatic heterocycles. The molecule has 1 spiro atoms. The first-order valence-electron chi connectivity index (χ1n) is 16.4. The van der Waals surface area contributed by atoms with E-state index in [0.29, 0.717) is 51.6 Å². The van der Waals surface area contributed by atoms with Crippen LogP contribution in [0.3, 0.4) is 0 Å². The maximum absolute atomic E-state index is 14.5. The molecule has 6 atom stereocenters. The number of ether oxygens (including phenoxy) is 2. The van der Waals surface area contributed by atoms with Crippen molar-refractivity contribution in [3.05, 3.63) is 25.3 Å². The average molecular weight is 602 g/mol. The van der Waals surface area contributed by atoms with E-state index in [4.69, 9.17) is 9.47 Å². The van der Waals surface area contributed by atoms with Crippen LogP contribution < -0.4 is 5.32 Å². The number of nitrogens with one attached hydrogen (secondary N) is 1. The van der Waals surface area contributed by atoms with Gasteiger partial charge in [0.05, 0.1) is 24.5 Å². The van der Waals surface area contributed by atoms with Crippen molar-refractivity contribution >= 4 is 23.7 Å². The summed E-state index contributed by atoms with van der Waals surface area (Å²) in [6, 6.07) is -0.702. The second kappa shape index (κ2) is 15.3. The lowest BCUT2D eigenvalue weighted by atomic mass is 9.70. The maximum Gasteiger partial charge on any atom is 0.312 e. The Morgan fingerprint density at radius 1 is 1.14 bits per heavy atom. The van der Waals surface area contributed by atoms with Crippen LogP contribution in [0.15, 0.2) is 25.3 Å². The monoisotopic (exact) mass is 601 g/mol. The van der Waals surface area contributed by atoms with E-state index in [2.05, 4.69) is 18.5 Å². The molecule has 3 saturated heterocycles. The fourth-order valence-electron chi connectivity index (χ4n) is 7.69. The third kappa shape index (κ3) is 7.17. The number of nitrogens with zero attached hydrogens (tertiary/aromatic N) is 2. The zero-order valence-electron chi connectivity index (χ0n) is 25.8. The van der Waals surface area contributed by atoms with Gasteiger partial charge in [-0.15, -0.1) is 13.2 Å². The van der Waals surface area contributed by atoms with Gasteiger partial charge < -0.3 is 29.7 Å². The standard InChI is InChI=1S/C33H51N3O7/c1-4-6-16-26(38)34-22-23(3)42-32(41)27-25-17-18-33(43-25)28(27)30(39)36(20-12-7-8-13-21-37)29(33)31(40)35(19-5-2)24-14-10-9-11-15-24/h4-5,23-25,27-29,37H,1-2,6-22H2,3H3,(H,34,38)/t23-,25+,27-,28-,29+,33-/m1/s1. The molecule has 43 heavy (non-hydrogen) atoms. The van der Waals surface area contributed by atoms with Crippen LogP contribution >= 0.6 is 0 Å². The number of fused-ring (bicyclic) bond motifs is 1. The summed E-state index contributed by atoms with van der Waals surface area (Å²) in [6.07, 6.45) is 12.6. The van der Waals surface area contributed by atoms with Crippen molar-refractivity contribution < 1.29 is 33.8 Å². The summed E-state index contributed by atoms with van der Waals surface area (Å²) in [5, 5.41) is 12.0. The maximum atomic E-state index is 14.5. The summed E-state index contributed by atoms with van der Waals surface area (Å²) in [5.74, 6) is -2.55. The molecule has 2 bridgehead atoms. The Morgan fingerprint density at radius 3 is 2.58 bits per heavy atom. The van der Waals surface area contributed by atoms with Crippen molar-refractivity contribution in [1.82, 2.24) is 15.1 Å². The highest BCUT2D eigenvalue weighted by Crippen LogP contribution is 2.59. The summed E-state index contributed by atoms with van der Waals surface area (Å²) in [6.45, 7) is 10.4. The first-order valence-corrected chi connectivity index (χ1v) is 16.4. The normalized spacial score (nSPS) is 28.8. The van der Waals surface area contributed by atoms with E-state index in [9.17, 15) is 24.3 Å². The zero-order valence-corrected chi connectivity index (χ0v) is 25.8. The van der Waals surface area contributed by atoms with Crippen LogP contribution in [0.5, 0.6) is 0 Å². The lowest BCUT2D eigenvalue weighted by molar-refractivity contribution is -0.159. The number of hydrogen-bond donors (Lipinski definition) is 2. The molecule has 240 valence electrons. The van der Waals surface area contributed by atoms with Gasteiger partial charge in [0.1, 0.15) is 17.7 Å². The predicted octanol–water partition coefficient (Wildman–Crippen LogP) is 3.28. The van der Waals surface area contributed by atoms with E-state index in [1.807, 2.05) is 4.90 Å². The SMILES string of the molecule is C=CCCC(=O)NC[C@@H](C)OC(=O)[C@@H]1[C@@H]2CC[C@]3(O2)[C@H](C(=O)N(CC=C)C2CCCCC2)N(CCCCCCO)C(=O)[C@@H]13. The number of esters is 1. The Labute approximate surface area is 256 Å². The molecule has 0 unspecified atom stereocenters. The molecule has 4 aliphatic rings. The zero-order chi connectivity index (χ0) is 31.0. The smallest absolute Gasteiger partial charge is 0.312 e. The summed E-state index contributed by atoms with van der Waals surface area (Å²) >= 11 is 0. The highest BCUT2D eigenvalue weighted by atomic mass is 16.6. The lowest BCUT2D eigenvalue weighted by Crippen LogP contribution is -2.58. The van der Waals surface area contributed by atoms with Crippen molar-refractivity contribution in [3.63, 3.8) is 0 Å². The fourth-order valence-corrected chi connectivity index (χ4v) is 7.69. The Balaban J connectivity index is 1.54. The summed E-state index contributed by atoms with van der Waals surface area (Å²) < 4.78 is 12.4. The van der Waals surface area contributed by atoms with E-state index in [1.54, 1.807) is 24.0 Å². The predicted molar refractivity (Wildman–Crippen MR) is 162 cm³/mol. The highest BCUT2D eigenvalue weighted by Gasteiger charge is 2.75. The molecule has 3 amide bonds. The summed E-state index contributed by atoms with van der Waals surface area (Å²) in [7, 11) is 0. The van der Waals surface area contributed by atoms with Gasteiger partial charge in [-0.2, -0.15) is 0 Å². The number of likely N-dealkylation sites (tertiary alicyclic amines) is 1. The van der Waals surface area contributed by atoms with Crippen molar-refractivity contribution in [3.8, 4) is 0 Å². The number of carbonyl (C=O) groups excluding carboxylic acids is 4. The highest BCUT2D eigenvalue weighted by molar-refractivity contribution is 5.98. The lowest BCUT2D eigenvalue weighted by Gasteiger charge is -2.40. The molecule has 10 heteroatoms. The number of hydrogen-bond acceptors (Lipinski definition) is 7. The van der Waals surface area contributed by atoms with Crippen LogP contribution in [-0.2, 0) is 28.7 Å². The van der Waals surface area contributed by atoms with E-state index < -0.39 is 41.7 Å². The molecule has 3 heterocycles. The number of rotatable bonds is 17. The average Bonchev–Trinajstić information content (AvgIpc) is 3.65. The third-order valence-corrected chi connectivity index (χ3v) is 9.72. The van der Waals surface area contributed by atoms with Gasteiger partial charge in [0.25, 0.3) is 0 Å². The second-order valence-electron chi connectivity index (χ2n) is 12.7. The van der Waals surface area contributed by atoms with Gasteiger partial charge in [-0.3, -0.25) is 19.2 Å². The Bertz CT molecular complexity index is 1030. The fraction of sp³-hybridized carbons (Fsp3) is 0.758. The molecule has 1 aliphatic carbocycles. The first-order chi connectivity index (χ1) is 20.8. The van der Waals surface area contributed by atoms with Crippen LogP contribution in [0, 0.1) is 11.8 Å². The Hall–Kier alpha value is -2.72.